The van der Waals surface area contributed by atoms with Crippen molar-refractivity contribution in [2.75, 3.05) is 6.61 Å². The summed E-state index contributed by atoms with van der Waals surface area (Å²) in [5.74, 6) is 1.69. The standard InChI is InChI=1S/C21H26N2O2/c1-4-19(24)21-22-17-10-5-6-11-18(17)23(21)13-8-14-25-20-12-7-9-15(2)16(20)3/h5-7,9-12,19,24H,4,8,13-14H2,1-3H3. The van der Waals surface area contributed by atoms with Crippen LogP contribution in [-0.2, 0) is 6.54 Å². The SMILES string of the molecule is CCC(O)c1nc2ccccc2n1CCCOc1cccc(C)c1C. The number of hydrogen-bond donors (Lipinski definition) is 1. The van der Waals surface area contributed by atoms with E-state index in [2.05, 4.69) is 35.5 Å². The zero-order valence-corrected chi connectivity index (χ0v) is 15.2. The summed E-state index contributed by atoms with van der Waals surface area (Å²) in [6, 6.07) is 14.2. The molecule has 0 saturated heterocycles. The predicted molar refractivity (Wildman–Crippen MR) is 101 cm³/mol. The number of para-hydroxylation sites is 2. The Morgan fingerprint density at radius 3 is 2.72 bits per heavy atom. The van der Waals surface area contributed by atoms with Crippen LogP contribution in [0.5, 0.6) is 5.75 Å². The normalized spacial score (nSPS) is 12.5. The number of ether oxygens (including phenoxy) is 1. The number of hydrogen-bond acceptors (Lipinski definition) is 3. The molecule has 1 aromatic heterocycles. The predicted octanol–water partition coefficient (Wildman–Crippen LogP) is 4.57. The smallest absolute Gasteiger partial charge is 0.138 e. The van der Waals surface area contributed by atoms with E-state index in [0.29, 0.717) is 13.0 Å². The molecular formula is C21H26N2O2. The number of aryl methyl sites for hydroxylation is 2. The van der Waals surface area contributed by atoms with E-state index in [1.807, 2.05) is 37.3 Å². The van der Waals surface area contributed by atoms with Crippen molar-refractivity contribution in [1.82, 2.24) is 9.55 Å². The van der Waals surface area contributed by atoms with Crippen LogP contribution in [-0.4, -0.2) is 21.3 Å². The van der Waals surface area contributed by atoms with Crippen LogP contribution in [0.15, 0.2) is 42.5 Å². The van der Waals surface area contributed by atoms with Gasteiger partial charge in [0.1, 0.15) is 17.7 Å². The quantitative estimate of drug-likeness (QED) is 0.642. The molecule has 0 saturated carbocycles. The average Bonchev–Trinajstić information content (AvgIpc) is 3.00. The molecule has 0 spiro atoms. The first-order valence-corrected chi connectivity index (χ1v) is 8.94. The van der Waals surface area contributed by atoms with Gasteiger partial charge in [0.25, 0.3) is 0 Å². The van der Waals surface area contributed by atoms with Crippen molar-refractivity contribution in [1.29, 1.82) is 0 Å². The average molecular weight is 338 g/mol. The molecule has 0 amide bonds. The lowest BCUT2D eigenvalue weighted by Crippen LogP contribution is -2.11. The molecule has 1 atom stereocenters. The second-order valence-electron chi connectivity index (χ2n) is 6.43. The minimum Gasteiger partial charge on any atom is -0.493 e. The third kappa shape index (κ3) is 3.69. The molecule has 25 heavy (non-hydrogen) atoms. The largest absolute Gasteiger partial charge is 0.493 e. The van der Waals surface area contributed by atoms with Crippen molar-refractivity contribution >= 4 is 11.0 Å². The molecule has 0 fully saturated rings. The van der Waals surface area contributed by atoms with Gasteiger partial charge < -0.3 is 14.4 Å². The maximum absolute atomic E-state index is 10.3. The lowest BCUT2D eigenvalue weighted by Gasteiger charge is -2.14. The number of fused-ring (bicyclic) bond motifs is 1. The Morgan fingerprint density at radius 1 is 1.12 bits per heavy atom. The molecular weight excluding hydrogens is 312 g/mol. The van der Waals surface area contributed by atoms with E-state index in [-0.39, 0.29) is 0 Å². The first-order valence-electron chi connectivity index (χ1n) is 8.94. The highest BCUT2D eigenvalue weighted by Crippen LogP contribution is 2.24. The number of aliphatic hydroxyl groups is 1. The van der Waals surface area contributed by atoms with E-state index in [0.717, 1.165) is 35.6 Å². The highest BCUT2D eigenvalue weighted by molar-refractivity contribution is 5.76. The van der Waals surface area contributed by atoms with Crippen LogP contribution < -0.4 is 4.74 Å². The fraction of sp³-hybridized carbons (Fsp3) is 0.381. The van der Waals surface area contributed by atoms with Gasteiger partial charge in [-0.3, -0.25) is 0 Å². The number of aromatic nitrogens is 2. The molecule has 2 aromatic carbocycles. The van der Waals surface area contributed by atoms with Crippen LogP contribution in [0.4, 0.5) is 0 Å². The van der Waals surface area contributed by atoms with Gasteiger partial charge in [0.15, 0.2) is 0 Å². The van der Waals surface area contributed by atoms with E-state index >= 15 is 0 Å². The number of nitrogens with zero attached hydrogens (tertiary/aromatic N) is 2. The Hall–Kier alpha value is -2.33. The van der Waals surface area contributed by atoms with Crippen molar-refractivity contribution in [3.8, 4) is 5.75 Å². The summed E-state index contributed by atoms with van der Waals surface area (Å²) in [6.07, 6.45) is 0.978. The van der Waals surface area contributed by atoms with Crippen LogP contribution in [0.3, 0.4) is 0 Å². The first kappa shape index (κ1) is 17.5. The molecule has 1 unspecified atom stereocenters. The van der Waals surface area contributed by atoms with Crippen LogP contribution >= 0.6 is 0 Å². The summed E-state index contributed by atoms with van der Waals surface area (Å²) in [4.78, 5) is 4.62. The Bertz CT molecular complexity index is 854. The second-order valence-corrected chi connectivity index (χ2v) is 6.43. The highest BCUT2D eigenvalue weighted by atomic mass is 16.5. The van der Waals surface area contributed by atoms with Crippen molar-refractivity contribution in [2.45, 2.75) is 46.3 Å². The molecule has 0 aliphatic heterocycles. The van der Waals surface area contributed by atoms with Gasteiger partial charge in [0.05, 0.1) is 17.6 Å². The molecule has 0 aliphatic rings. The second kappa shape index (κ2) is 7.70. The minimum atomic E-state index is -0.535. The van der Waals surface area contributed by atoms with Gasteiger partial charge in [0.2, 0.25) is 0 Å². The van der Waals surface area contributed by atoms with Gasteiger partial charge in [-0.05, 0) is 56.0 Å². The summed E-state index contributed by atoms with van der Waals surface area (Å²) in [5, 5.41) is 10.3. The third-order valence-corrected chi connectivity index (χ3v) is 4.71. The van der Waals surface area contributed by atoms with Gasteiger partial charge >= 0.3 is 0 Å². The number of imidazole rings is 1. The van der Waals surface area contributed by atoms with Gasteiger partial charge in [-0.2, -0.15) is 0 Å². The van der Waals surface area contributed by atoms with Gasteiger partial charge in [0, 0.05) is 6.54 Å². The Morgan fingerprint density at radius 2 is 1.92 bits per heavy atom. The molecule has 0 radical (unpaired) electrons. The minimum absolute atomic E-state index is 0.535. The fourth-order valence-corrected chi connectivity index (χ4v) is 3.05. The maximum Gasteiger partial charge on any atom is 0.138 e. The molecule has 0 bridgehead atoms. The molecule has 4 heteroatoms. The lowest BCUT2D eigenvalue weighted by molar-refractivity contribution is 0.158. The van der Waals surface area contributed by atoms with Gasteiger partial charge in [-0.25, -0.2) is 4.98 Å². The molecule has 1 N–H and O–H groups in total. The number of benzene rings is 2. The number of rotatable bonds is 7. The first-order chi connectivity index (χ1) is 12.1. The summed E-state index contributed by atoms with van der Waals surface area (Å²) in [6.45, 7) is 7.57. The van der Waals surface area contributed by atoms with Crippen molar-refractivity contribution in [3.05, 3.63) is 59.4 Å². The van der Waals surface area contributed by atoms with Crippen LogP contribution in [0.1, 0.15) is 42.8 Å². The Balaban J connectivity index is 1.71. The zero-order chi connectivity index (χ0) is 17.8. The molecule has 1 heterocycles. The van der Waals surface area contributed by atoms with Gasteiger partial charge in [-0.15, -0.1) is 0 Å². The van der Waals surface area contributed by atoms with E-state index in [1.54, 1.807) is 0 Å². The lowest BCUT2D eigenvalue weighted by atomic mass is 10.1. The van der Waals surface area contributed by atoms with Crippen LogP contribution in [0.25, 0.3) is 11.0 Å². The summed E-state index contributed by atoms with van der Waals surface area (Å²) >= 11 is 0. The van der Waals surface area contributed by atoms with Crippen molar-refractivity contribution in [2.24, 2.45) is 0 Å². The van der Waals surface area contributed by atoms with Crippen LogP contribution in [0.2, 0.25) is 0 Å². The molecule has 132 valence electrons. The van der Waals surface area contributed by atoms with E-state index < -0.39 is 6.10 Å². The summed E-state index contributed by atoms with van der Waals surface area (Å²) in [7, 11) is 0. The van der Waals surface area contributed by atoms with Crippen LogP contribution in [0, 0.1) is 13.8 Å². The van der Waals surface area contributed by atoms with E-state index in [4.69, 9.17) is 4.74 Å². The molecule has 3 aromatic rings. The third-order valence-electron chi connectivity index (χ3n) is 4.71. The Kier molecular flexibility index (Phi) is 5.39. The molecule has 3 rings (SSSR count). The Labute approximate surface area is 149 Å². The number of aliphatic hydroxyl groups excluding tert-OH is 1. The fourth-order valence-electron chi connectivity index (χ4n) is 3.05. The van der Waals surface area contributed by atoms with E-state index in [9.17, 15) is 5.11 Å². The van der Waals surface area contributed by atoms with Gasteiger partial charge in [-0.1, -0.05) is 31.2 Å². The molecule has 0 aliphatic carbocycles. The molecule has 4 nitrogen and oxygen atoms in total. The highest BCUT2D eigenvalue weighted by Gasteiger charge is 2.16. The summed E-state index contributed by atoms with van der Waals surface area (Å²) < 4.78 is 8.08. The zero-order valence-electron chi connectivity index (χ0n) is 15.2. The van der Waals surface area contributed by atoms with Crippen molar-refractivity contribution in [3.63, 3.8) is 0 Å². The van der Waals surface area contributed by atoms with Crippen molar-refractivity contribution < 1.29 is 9.84 Å². The summed E-state index contributed by atoms with van der Waals surface area (Å²) in [5.41, 5.74) is 4.43. The topological polar surface area (TPSA) is 47.3 Å². The van der Waals surface area contributed by atoms with E-state index in [1.165, 1.54) is 11.1 Å². The monoisotopic (exact) mass is 338 g/mol. The maximum atomic E-state index is 10.3.